The summed E-state index contributed by atoms with van der Waals surface area (Å²) in [6.45, 7) is 2.27. The Morgan fingerprint density at radius 1 is 0.926 bits per heavy atom. The lowest BCUT2D eigenvalue weighted by atomic mass is 10.1. The summed E-state index contributed by atoms with van der Waals surface area (Å²) in [5, 5.41) is 11.6. The highest BCUT2D eigenvalue weighted by molar-refractivity contribution is 5.93. The molecule has 6 heteroatoms. The van der Waals surface area contributed by atoms with E-state index in [0.29, 0.717) is 13.1 Å². The summed E-state index contributed by atoms with van der Waals surface area (Å²) in [7, 11) is 0. The van der Waals surface area contributed by atoms with Gasteiger partial charge in [0.05, 0.1) is 4.92 Å². The van der Waals surface area contributed by atoms with Gasteiger partial charge >= 0.3 is 5.69 Å². The number of Topliss-reactive ketones (excluding diaryl/α,β-unsaturated/α-hetero) is 1. The lowest BCUT2D eigenvalue weighted by Gasteiger charge is -2.24. The molecule has 2 aromatic carbocycles. The first-order valence-electron chi connectivity index (χ1n) is 8.54. The predicted octanol–water partition coefficient (Wildman–Crippen LogP) is 4.40. The third kappa shape index (κ3) is 4.55. The fraction of sp³-hybridized carbons (Fsp3) is 0.143. The van der Waals surface area contributed by atoms with Crippen LogP contribution in [0.25, 0.3) is 0 Å². The van der Waals surface area contributed by atoms with Crippen molar-refractivity contribution in [2.24, 2.45) is 0 Å². The molecular weight excluding hydrogens is 342 g/mol. The molecule has 0 spiro atoms. The summed E-state index contributed by atoms with van der Waals surface area (Å²) in [5.74, 6) is -0.0362. The quantitative estimate of drug-likeness (QED) is 0.354. The van der Waals surface area contributed by atoms with E-state index in [2.05, 4.69) is 4.98 Å². The van der Waals surface area contributed by atoms with Gasteiger partial charge in [0.2, 0.25) is 5.82 Å². The average molecular weight is 361 g/mol. The molecule has 0 aliphatic rings. The molecule has 27 heavy (non-hydrogen) atoms. The van der Waals surface area contributed by atoms with Crippen LogP contribution in [0.2, 0.25) is 0 Å². The van der Waals surface area contributed by atoms with Crippen LogP contribution in [0.15, 0.2) is 72.8 Å². The van der Waals surface area contributed by atoms with Gasteiger partial charge in [-0.15, -0.1) is 0 Å². The molecule has 0 aliphatic carbocycles. The highest BCUT2D eigenvalue weighted by Crippen LogP contribution is 2.29. The standard InChI is InChI=1S/C21H19N3O3/c1-16(25)19-12-13-20(24(26)27)21(22-19)23(14-17-8-4-2-5-9-17)15-18-10-6-3-7-11-18/h2-13H,14-15H2,1H3. The summed E-state index contributed by atoms with van der Waals surface area (Å²) in [6.07, 6.45) is 0. The lowest BCUT2D eigenvalue weighted by molar-refractivity contribution is -0.384. The summed E-state index contributed by atoms with van der Waals surface area (Å²) < 4.78 is 0. The van der Waals surface area contributed by atoms with Crippen LogP contribution in [-0.2, 0) is 13.1 Å². The van der Waals surface area contributed by atoms with E-state index in [0.717, 1.165) is 11.1 Å². The van der Waals surface area contributed by atoms with Gasteiger partial charge < -0.3 is 4.90 Å². The van der Waals surface area contributed by atoms with Gasteiger partial charge in [-0.25, -0.2) is 4.98 Å². The van der Waals surface area contributed by atoms with Crippen molar-refractivity contribution in [2.75, 3.05) is 4.90 Å². The Kier molecular flexibility index (Phi) is 5.56. The Bertz CT molecular complexity index is 902. The van der Waals surface area contributed by atoms with Gasteiger partial charge in [-0.3, -0.25) is 14.9 Å². The number of pyridine rings is 1. The second kappa shape index (κ2) is 8.23. The summed E-state index contributed by atoms with van der Waals surface area (Å²) >= 11 is 0. The first-order chi connectivity index (χ1) is 13.0. The van der Waals surface area contributed by atoms with Crippen molar-refractivity contribution in [3.8, 4) is 0 Å². The van der Waals surface area contributed by atoms with Crippen molar-refractivity contribution in [2.45, 2.75) is 20.0 Å². The largest absolute Gasteiger partial charge is 0.342 e. The maximum atomic E-state index is 11.8. The van der Waals surface area contributed by atoms with Crippen LogP contribution in [-0.4, -0.2) is 15.7 Å². The highest BCUT2D eigenvalue weighted by atomic mass is 16.6. The number of carbonyl (C=O) groups is 1. The zero-order chi connectivity index (χ0) is 19.2. The molecule has 0 radical (unpaired) electrons. The van der Waals surface area contributed by atoms with Crippen molar-refractivity contribution < 1.29 is 9.72 Å². The summed E-state index contributed by atoms with van der Waals surface area (Å²) in [5.41, 5.74) is 2.09. The number of carbonyl (C=O) groups excluding carboxylic acids is 1. The minimum Gasteiger partial charge on any atom is -0.342 e. The molecule has 1 heterocycles. The second-order valence-electron chi connectivity index (χ2n) is 6.18. The molecule has 0 fully saturated rings. The number of hydrogen-bond donors (Lipinski definition) is 0. The Balaban J connectivity index is 2.06. The molecule has 0 bridgehead atoms. The zero-order valence-electron chi connectivity index (χ0n) is 14.9. The highest BCUT2D eigenvalue weighted by Gasteiger charge is 2.23. The van der Waals surface area contributed by atoms with Crippen LogP contribution in [0.5, 0.6) is 0 Å². The Morgan fingerprint density at radius 2 is 1.44 bits per heavy atom. The van der Waals surface area contributed by atoms with E-state index in [4.69, 9.17) is 0 Å². The smallest absolute Gasteiger partial charge is 0.311 e. The number of nitro groups is 1. The van der Waals surface area contributed by atoms with Gasteiger partial charge in [0, 0.05) is 26.1 Å². The number of aromatic nitrogens is 1. The molecule has 136 valence electrons. The Morgan fingerprint density at radius 3 is 1.89 bits per heavy atom. The van der Waals surface area contributed by atoms with E-state index in [-0.39, 0.29) is 23.0 Å². The molecule has 0 aliphatic heterocycles. The van der Waals surface area contributed by atoms with Crippen LogP contribution < -0.4 is 4.90 Å². The zero-order valence-corrected chi connectivity index (χ0v) is 14.9. The van der Waals surface area contributed by atoms with Crippen molar-refractivity contribution in [1.29, 1.82) is 0 Å². The van der Waals surface area contributed by atoms with Crippen molar-refractivity contribution in [3.63, 3.8) is 0 Å². The number of hydrogen-bond acceptors (Lipinski definition) is 5. The van der Waals surface area contributed by atoms with E-state index in [1.807, 2.05) is 65.6 Å². The van der Waals surface area contributed by atoms with E-state index in [1.54, 1.807) is 0 Å². The van der Waals surface area contributed by atoms with Gasteiger partial charge in [-0.2, -0.15) is 0 Å². The molecule has 0 amide bonds. The first kappa shape index (κ1) is 18.3. The molecule has 0 N–H and O–H groups in total. The van der Waals surface area contributed by atoms with Gasteiger partial charge in [0.15, 0.2) is 5.78 Å². The van der Waals surface area contributed by atoms with Crippen LogP contribution in [0.3, 0.4) is 0 Å². The fourth-order valence-corrected chi connectivity index (χ4v) is 2.83. The summed E-state index contributed by atoms with van der Waals surface area (Å²) in [6, 6.07) is 22.1. The molecule has 3 aromatic rings. The molecule has 0 saturated carbocycles. The first-order valence-corrected chi connectivity index (χ1v) is 8.54. The number of rotatable bonds is 7. The minimum absolute atomic E-state index is 0.119. The van der Waals surface area contributed by atoms with Crippen LogP contribution in [0.1, 0.15) is 28.5 Å². The van der Waals surface area contributed by atoms with Crippen LogP contribution in [0, 0.1) is 10.1 Å². The van der Waals surface area contributed by atoms with E-state index < -0.39 is 4.92 Å². The van der Waals surface area contributed by atoms with Crippen LogP contribution in [0.4, 0.5) is 11.5 Å². The average Bonchev–Trinajstić information content (AvgIpc) is 2.68. The molecule has 0 unspecified atom stereocenters. The fourth-order valence-electron chi connectivity index (χ4n) is 2.83. The molecule has 1 aromatic heterocycles. The van der Waals surface area contributed by atoms with E-state index >= 15 is 0 Å². The van der Waals surface area contributed by atoms with E-state index in [1.165, 1.54) is 19.1 Å². The van der Waals surface area contributed by atoms with Crippen molar-refractivity contribution in [1.82, 2.24) is 4.98 Å². The second-order valence-corrected chi connectivity index (χ2v) is 6.18. The van der Waals surface area contributed by atoms with Crippen molar-refractivity contribution in [3.05, 3.63) is 99.7 Å². The third-order valence-corrected chi connectivity index (χ3v) is 4.14. The SMILES string of the molecule is CC(=O)c1ccc([N+](=O)[O-])c(N(Cc2ccccc2)Cc2ccccc2)n1. The monoisotopic (exact) mass is 361 g/mol. The Labute approximate surface area is 157 Å². The van der Waals surface area contributed by atoms with Gasteiger partial charge in [-0.1, -0.05) is 60.7 Å². The number of nitrogens with zero attached hydrogens (tertiary/aromatic N) is 3. The normalized spacial score (nSPS) is 10.4. The Hall–Kier alpha value is -3.54. The topological polar surface area (TPSA) is 76.3 Å². The minimum atomic E-state index is -0.463. The van der Waals surface area contributed by atoms with Gasteiger partial charge in [-0.05, 0) is 17.2 Å². The van der Waals surface area contributed by atoms with Gasteiger partial charge in [0.25, 0.3) is 0 Å². The predicted molar refractivity (Wildman–Crippen MR) is 104 cm³/mol. The van der Waals surface area contributed by atoms with Crippen LogP contribution >= 0.6 is 0 Å². The molecule has 0 saturated heterocycles. The number of benzene rings is 2. The number of anilines is 1. The molecular formula is C21H19N3O3. The third-order valence-electron chi connectivity index (χ3n) is 4.14. The maximum Gasteiger partial charge on any atom is 0.311 e. The molecule has 6 nitrogen and oxygen atoms in total. The molecule has 3 rings (SSSR count). The molecule has 0 atom stereocenters. The summed E-state index contributed by atoms with van der Waals surface area (Å²) in [4.78, 5) is 29.0. The van der Waals surface area contributed by atoms with Gasteiger partial charge in [0.1, 0.15) is 5.69 Å². The lowest BCUT2D eigenvalue weighted by Crippen LogP contribution is -2.24. The maximum absolute atomic E-state index is 11.8. The number of ketones is 1. The van der Waals surface area contributed by atoms with Crippen molar-refractivity contribution >= 4 is 17.3 Å². The van der Waals surface area contributed by atoms with E-state index in [9.17, 15) is 14.9 Å².